The number of furan rings is 1. The minimum atomic E-state index is 0.505. The lowest BCUT2D eigenvalue weighted by Gasteiger charge is -2.30. The average Bonchev–Trinajstić information content (AvgIpc) is 3.04. The molecule has 0 saturated heterocycles. The van der Waals surface area contributed by atoms with Gasteiger partial charge in [-0.25, -0.2) is 0 Å². The molecule has 0 amide bonds. The second-order valence-corrected chi connectivity index (χ2v) is 6.48. The van der Waals surface area contributed by atoms with Crippen LogP contribution in [-0.4, -0.2) is 12.1 Å². The van der Waals surface area contributed by atoms with E-state index in [0.717, 1.165) is 29.9 Å². The number of nitrogens with one attached hydrogen (secondary N) is 1. The van der Waals surface area contributed by atoms with Crippen LogP contribution in [0.25, 0.3) is 0 Å². The van der Waals surface area contributed by atoms with Gasteiger partial charge in [0.2, 0.25) is 0 Å². The van der Waals surface area contributed by atoms with Crippen molar-refractivity contribution < 1.29 is 4.42 Å². The van der Waals surface area contributed by atoms with Crippen molar-refractivity contribution in [2.75, 3.05) is 0 Å². The zero-order valence-electron chi connectivity index (χ0n) is 11.6. The fraction of sp³-hybridized carbons (Fsp3) is 0.750. The highest BCUT2D eigenvalue weighted by molar-refractivity contribution is 5.01. The Morgan fingerprint density at radius 3 is 2.83 bits per heavy atom. The van der Waals surface area contributed by atoms with Crippen LogP contribution in [0.4, 0.5) is 0 Å². The molecule has 1 aromatic rings. The first kappa shape index (κ1) is 12.3. The lowest BCUT2D eigenvalue weighted by Crippen LogP contribution is -2.42. The second-order valence-electron chi connectivity index (χ2n) is 6.48. The van der Waals surface area contributed by atoms with Gasteiger partial charge in [-0.2, -0.15) is 0 Å². The number of hydrogen-bond donors (Lipinski definition) is 1. The molecule has 0 radical (unpaired) electrons. The molecule has 2 nitrogen and oxygen atoms in total. The van der Waals surface area contributed by atoms with E-state index in [2.05, 4.69) is 25.2 Å². The van der Waals surface area contributed by atoms with Gasteiger partial charge in [0.25, 0.3) is 0 Å². The predicted molar refractivity (Wildman–Crippen MR) is 73.4 cm³/mol. The molecule has 5 unspecified atom stereocenters. The molecule has 1 heterocycles. The first-order valence-electron chi connectivity index (χ1n) is 7.51. The summed E-state index contributed by atoms with van der Waals surface area (Å²) in [5.74, 6) is 4.07. The van der Waals surface area contributed by atoms with Crippen LogP contribution in [-0.2, 0) is 6.42 Å². The summed E-state index contributed by atoms with van der Waals surface area (Å²) < 4.78 is 5.42. The van der Waals surface area contributed by atoms with E-state index >= 15 is 0 Å². The topological polar surface area (TPSA) is 25.2 Å². The van der Waals surface area contributed by atoms with Gasteiger partial charge in [0.15, 0.2) is 0 Å². The Kier molecular flexibility index (Phi) is 3.47. The average molecular weight is 247 g/mol. The molecule has 2 aliphatic rings. The Labute approximate surface area is 110 Å². The molecule has 5 atom stereocenters. The van der Waals surface area contributed by atoms with Crippen LogP contribution >= 0.6 is 0 Å². The van der Waals surface area contributed by atoms with E-state index in [1.807, 2.05) is 6.07 Å². The Morgan fingerprint density at radius 2 is 2.22 bits per heavy atom. The van der Waals surface area contributed by atoms with Gasteiger partial charge in [-0.15, -0.1) is 0 Å². The monoisotopic (exact) mass is 247 g/mol. The Bertz CT molecular complexity index is 372. The highest BCUT2D eigenvalue weighted by atomic mass is 16.3. The van der Waals surface area contributed by atoms with Gasteiger partial charge < -0.3 is 9.73 Å². The molecule has 0 spiro atoms. The summed E-state index contributed by atoms with van der Waals surface area (Å²) in [6.45, 7) is 4.65. The van der Waals surface area contributed by atoms with Crippen LogP contribution < -0.4 is 5.32 Å². The van der Waals surface area contributed by atoms with Crippen LogP contribution in [0.1, 0.15) is 45.3 Å². The summed E-state index contributed by atoms with van der Waals surface area (Å²) in [4.78, 5) is 0. The van der Waals surface area contributed by atoms with E-state index in [9.17, 15) is 0 Å². The second kappa shape index (κ2) is 5.08. The number of rotatable bonds is 5. The van der Waals surface area contributed by atoms with Crippen molar-refractivity contribution in [2.24, 2.45) is 17.8 Å². The van der Waals surface area contributed by atoms with Crippen molar-refractivity contribution in [2.45, 2.75) is 58.0 Å². The third-order valence-corrected chi connectivity index (χ3v) is 5.07. The maximum atomic E-state index is 5.42. The van der Waals surface area contributed by atoms with Crippen LogP contribution in [0, 0.1) is 17.8 Å². The Balaban J connectivity index is 1.50. The molecule has 2 aliphatic carbocycles. The normalized spacial score (nSPS) is 33.8. The van der Waals surface area contributed by atoms with Gasteiger partial charge in [0, 0.05) is 18.5 Å². The van der Waals surface area contributed by atoms with Crippen molar-refractivity contribution in [3.05, 3.63) is 24.2 Å². The minimum Gasteiger partial charge on any atom is -0.469 e. The standard InChI is InChI=1S/C16H25NO/c1-11(8-15-4-3-7-18-15)17-12(2)16-10-13-5-6-14(16)9-13/h3-4,7,11-14,16-17H,5-6,8-10H2,1-2H3. The van der Waals surface area contributed by atoms with Crippen LogP contribution in [0.15, 0.2) is 22.8 Å². The smallest absolute Gasteiger partial charge is 0.105 e. The molecule has 0 aromatic carbocycles. The maximum Gasteiger partial charge on any atom is 0.105 e. The SMILES string of the molecule is CC(Cc1ccco1)NC(C)C1CC2CCC1C2. The van der Waals surface area contributed by atoms with Gasteiger partial charge in [0.1, 0.15) is 5.76 Å². The van der Waals surface area contributed by atoms with Crippen LogP contribution in [0.5, 0.6) is 0 Å². The summed E-state index contributed by atoms with van der Waals surface area (Å²) >= 11 is 0. The van der Waals surface area contributed by atoms with Crippen LogP contribution in [0.2, 0.25) is 0 Å². The minimum absolute atomic E-state index is 0.505. The molecular formula is C16H25NO. The van der Waals surface area contributed by atoms with Crippen molar-refractivity contribution in [1.29, 1.82) is 0 Å². The highest BCUT2D eigenvalue weighted by Gasteiger charge is 2.41. The molecule has 2 bridgehead atoms. The van der Waals surface area contributed by atoms with Crippen molar-refractivity contribution >= 4 is 0 Å². The maximum absolute atomic E-state index is 5.42. The molecular weight excluding hydrogens is 222 g/mol. The summed E-state index contributed by atoms with van der Waals surface area (Å²) in [6, 6.07) is 5.21. The van der Waals surface area contributed by atoms with E-state index in [-0.39, 0.29) is 0 Å². The molecule has 18 heavy (non-hydrogen) atoms. The van der Waals surface area contributed by atoms with Gasteiger partial charge in [-0.3, -0.25) is 0 Å². The molecule has 3 rings (SSSR count). The van der Waals surface area contributed by atoms with E-state index in [1.165, 1.54) is 25.7 Å². The Morgan fingerprint density at radius 1 is 1.33 bits per heavy atom. The molecule has 100 valence electrons. The summed E-state index contributed by atoms with van der Waals surface area (Å²) in [5, 5.41) is 3.78. The zero-order chi connectivity index (χ0) is 12.5. The van der Waals surface area contributed by atoms with Gasteiger partial charge in [-0.1, -0.05) is 6.42 Å². The van der Waals surface area contributed by atoms with Gasteiger partial charge >= 0.3 is 0 Å². The van der Waals surface area contributed by atoms with Crippen LogP contribution in [0.3, 0.4) is 0 Å². The van der Waals surface area contributed by atoms with Crippen molar-refractivity contribution in [3.63, 3.8) is 0 Å². The van der Waals surface area contributed by atoms with E-state index in [4.69, 9.17) is 4.42 Å². The molecule has 2 saturated carbocycles. The molecule has 2 fully saturated rings. The summed E-state index contributed by atoms with van der Waals surface area (Å²) in [6.07, 6.45) is 8.71. The largest absolute Gasteiger partial charge is 0.469 e. The third-order valence-electron chi connectivity index (χ3n) is 5.07. The zero-order valence-corrected chi connectivity index (χ0v) is 11.6. The molecule has 1 aromatic heterocycles. The van der Waals surface area contributed by atoms with Crippen molar-refractivity contribution in [1.82, 2.24) is 5.32 Å². The lowest BCUT2D eigenvalue weighted by atomic mass is 9.83. The predicted octanol–water partition coefficient (Wildman–Crippen LogP) is 3.62. The fourth-order valence-electron chi connectivity index (χ4n) is 4.27. The molecule has 1 N–H and O–H groups in total. The van der Waals surface area contributed by atoms with E-state index in [0.29, 0.717) is 12.1 Å². The lowest BCUT2D eigenvalue weighted by molar-refractivity contribution is 0.245. The first-order chi connectivity index (χ1) is 8.72. The van der Waals surface area contributed by atoms with Gasteiger partial charge in [-0.05, 0) is 63.0 Å². The first-order valence-corrected chi connectivity index (χ1v) is 7.51. The summed E-state index contributed by atoms with van der Waals surface area (Å²) in [7, 11) is 0. The highest BCUT2D eigenvalue weighted by Crippen LogP contribution is 2.49. The molecule has 0 aliphatic heterocycles. The number of hydrogen-bond acceptors (Lipinski definition) is 2. The fourth-order valence-corrected chi connectivity index (χ4v) is 4.27. The van der Waals surface area contributed by atoms with E-state index < -0.39 is 0 Å². The van der Waals surface area contributed by atoms with Gasteiger partial charge in [0.05, 0.1) is 6.26 Å². The third kappa shape index (κ3) is 2.49. The summed E-state index contributed by atoms with van der Waals surface area (Å²) in [5.41, 5.74) is 0. The number of fused-ring (bicyclic) bond motifs is 2. The molecule has 2 heteroatoms. The quantitative estimate of drug-likeness (QED) is 0.859. The Hall–Kier alpha value is -0.760. The van der Waals surface area contributed by atoms with E-state index in [1.54, 1.807) is 6.26 Å². The van der Waals surface area contributed by atoms with Crippen molar-refractivity contribution in [3.8, 4) is 0 Å².